The number of Topliss-reactive ketones (excluding diaryl/α,β-unsaturated/α-hetero) is 1. The van der Waals surface area contributed by atoms with Gasteiger partial charge in [0.2, 0.25) is 0 Å². The molecule has 0 atom stereocenters. The van der Waals surface area contributed by atoms with Gasteiger partial charge in [-0.3, -0.25) is 4.79 Å². The van der Waals surface area contributed by atoms with E-state index in [0.29, 0.717) is 6.42 Å². The van der Waals surface area contributed by atoms with Crippen molar-refractivity contribution in [3.63, 3.8) is 0 Å². The molecular weight excluding hydrogens is 332 g/mol. The molecular formula is C24H22N2O. The Labute approximate surface area is 159 Å². The van der Waals surface area contributed by atoms with Crippen LogP contribution in [0.5, 0.6) is 0 Å². The third-order valence-electron chi connectivity index (χ3n) is 4.89. The topological polar surface area (TPSA) is 34.4 Å². The van der Waals surface area contributed by atoms with E-state index in [1.54, 1.807) is 0 Å². The molecule has 0 unspecified atom stereocenters. The van der Waals surface area contributed by atoms with Gasteiger partial charge >= 0.3 is 0 Å². The number of carbonyl (C=O) groups excluding carboxylic acids is 1. The van der Waals surface area contributed by atoms with Gasteiger partial charge in [-0.25, -0.2) is 4.98 Å². The average molecular weight is 354 g/mol. The standard InChI is InChI=1S/C24H22N2O/c1-16-4-9-19(10-5-16)22(27)14-21-24(20-11-6-17(2)7-12-20)25-23-13-8-18(3)15-26(21)23/h4-13,15H,14H2,1-3H3. The zero-order valence-electron chi connectivity index (χ0n) is 15.9. The Bertz CT molecular complexity index is 1120. The number of aromatic nitrogens is 2. The molecule has 27 heavy (non-hydrogen) atoms. The minimum atomic E-state index is 0.103. The number of imidazole rings is 1. The maximum Gasteiger partial charge on any atom is 0.168 e. The van der Waals surface area contributed by atoms with Crippen LogP contribution in [0.15, 0.2) is 66.9 Å². The van der Waals surface area contributed by atoms with Gasteiger partial charge in [0.25, 0.3) is 0 Å². The van der Waals surface area contributed by atoms with E-state index in [1.807, 2.05) is 43.3 Å². The molecule has 0 spiro atoms. The van der Waals surface area contributed by atoms with Crippen molar-refractivity contribution in [2.45, 2.75) is 27.2 Å². The Morgan fingerprint density at radius 2 is 1.41 bits per heavy atom. The quantitative estimate of drug-likeness (QED) is 0.463. The molecule has 0 radical (unpaired) electrons. The van der Waals surface area contributed by atoms with Crippen molar-refractivity contribution in [1.82, 2.24) is 9.38 Å². The molecule has 3 nitrogen and oxygen atoms in total. The molecule has 2 heterocycles. The third kappa shape index (κ3) is 3.41. The second-order valence-corrected chi connectivity index (χ2v) is 7.17. The fourth-order valence-corrected chi connectivity index (χ4v) is 3.30. The maximum atomic E-state index is 12.9. The molecule has 0 aliphatic carbocycles. The zero-order valence-corrected chi connectivity index (χ0v) is 15.9. The Morgan fingerprint density at radius 1 is 0.815 bits per heavy atom. The number of pyridine rings is 1. The molecule has 2 aromatic heterocycles. The summed E-state index contributed by atoms with van der Waals surface area (Å²) >= 11 is 0. The van der Waals surface area contributed by atoms with E-state index in [9.17, 15) is 4.79 Å². The molecule has 0 amide bonds. The summed E-state index contributed by atoms with van der Waals surface area (Å²) < 4.78 is 2.05. The largest absolute Gasteiger partial charge is 0.303 e. The molecule has 0 saturated carbocycles. The van der Waals surface area contributed by atoms with Crippen molar-refractivity contribution in [2.75, 3.05) is 0 Å². The highest BCUT2D eigenvalue weighted by Gasteiger charge is 2.18. The normalized spacial score (nSPS) is 11.1. The average Bonchev–Trinajstić information content (AvgIpc) is 3.00. The van der Waals surface area contributed by atoms with Crippen LogP contribution in [-0.2, 0) is 6.42 Å². The van der Waals surface area contributed by atoms with Crippen molar-refractivity contribution >= 4 is 11.4 Å². The summed E-state index contributed by atoms with van der Waals surface area (Å²) in [7, 11) is 0. The van der Waals surface area contributed by atoms with E-state index < -0.39 is 0 Å². The van der Waals surface area contributed by atoms with Crippen LogP contribution in [0.1, 0.15) is 32.7 Å². The van der Waals surface area contributed by atoms with Gasteiger partial charge in [0.15, 0.2) is 5.78 Å². The summed E-state index contributed by atoms with van der Waals surface area (Å²) in [6, 6.07) is 20.1. The smallest absolute Gasteiger partial charge is 0.168 e. The lowest BCUT2D eigenvalue weighted by atomic mass is 10.0. The number of ketones is 1. The molecule has 0 aliphatic heterocycles. The first-order chi connectivity index (χ1) is 13.0. The minimum absolute atomic E-state index is 0.103. The first-order valence-electron chi connectivity index (χ1n) is 9.16. The minimum Gasteiger partial charge on any atom is -0.303 e. The molecule has 3 heteroatoms. The number of hydrogen-bond donors (Lipinski definition) is 0. The van der Waals surface area contributed by atoms with Crippen molar-refractivity contribution in [1.29, 1.82) is 0 Å². The number of hydrogen-bond acceptors (Lipinski definition) is 2. The van der Waals surface area contributed by atoms with Crippen LogP contribution < -0.4 is 0 Å². The molecule has 0 bridgehead atoms. The highest BCUT2D eigenvalue weighted by atomic mass is 16.1. The van der Waals surface area contributed by atoms with Crippen LogP contribution in [0.25, 0.3) is 16.9 Å². The first kappa shape index (κ1) is 17.2. The maximum absolute atomic E-state index is 12.9. The highest BCUT2D eigenvalue weighted by Crippen LogP contribution is 2.26. The van der Waals surface area contributed by atoms with Crippen LogP contribution in [0.2, 0.25) is 0 Å². The Morgan fingerprint density at radius 3 is 2.07 bits per heavy atom. The van der Waals surface area contributed by atoms with Gasteiger partial charge in [-0.1, -0.05) is 65.7 Å². The predicted molar refractivity (Wildman–Crippen MR) is 109 cm³/mol. The first-order valence-corrected chi connectivity index (χ1v) is 9.16. The zero-order chi connectivity index (χ0) is 19.0. The van der Waals surface area contributed by atoms with Gasteiger partial charge in [-0.15, -0.1) is 0 Å². The van der Waals surface area contributed by atoms with Gasteiger partial charge < -0.3 is 4.40 Å². The van der Waals surface area contributed by atoms with E-state index in [1.165, 1.54) is 5.56 Å². The number of benzene rings is 2. The van der Waals surface area contributed by atoms with Gasteiger partial charge in [-0.05, 0) is 32.4 Å². The Kier molecular flexibility index (Phi) is 4.36. The summed E-state index contributed by atoms with van der Waals surface area (Å²) in [6.45, 7) is 6.15. The predicted octanol–water partition coefficient (Wildman–Crippen LogP) is 5.35. The molecule has 0 N–H and O–H groups in total. The number of nitrogens with zero attached hydrogens (tertiary/aromatic N) is 2. The van der Waals surface area contributed by atoms with E-state index >= 15 is 0 Å². The lowest BCUT2D eigenvalue weighted by molar-refractivity contribution is 0.0992. The summed E-state index contributed by atoms with van der Waals surface area (Å²) in [4.78, 5) is 17.8. The van der Waals surface area contributed by atoms with Crippen LogP contribution in [0.3, 0.4) is 0 Å². The van der Waals surface area contributed by atoms with E-state index in [2.05, 4.69) is 48.7 Å². The fourth-order valence-electron chi connectivity index (χ4n) is 3.30. The lowest BCUT2D eigenvalue weighted by Gasteiger charge is -2.07. The number of fused-ring (bicyclic) bond motifs is 1. The second-order valence-electron chi connectivity index (χ2n) is 7.17. The lowest BCUT2D eigenvalue weighted by Crippen LogP contribution is -2.07. The van der Waals surface area contributed by atoms with Crippen LogP contribution in [0, 0.1) is 20.8 Å². The van der Waals surface area contributed by atoms with E-state index in [4.69, 9.17) is 4.98 Å². The number of aryl methyl sites for hydroxylation is 3. The second kappa shape index (κ2) is 6.84. The highest BCUT2D eigenvalue weighted by molar-refractivity contribution is 5.98. The van der Waals surface area contributed by atoms with Gasteiger partial charge in [0.1, 0.15) is 5.65 Å². The SMILES string of the molecule is Cc1ccc(C(=O)Cc2c(-c3ccc(C)cc3)nc3ccc(C)cn23)cc1. The fraction of sp³-hybridized carbons (Fsp3) is 0.167. The van der Waals surface area contributed by atoms with E-state index in [0.717, 1.165) is 39.3 Å². The number of rotatable bonds is 4. The summed E-state index contributed by atoms with van der Waals surface area (Å²) in [6.07, 6.45) is 2.37. The van der Waals surface area contributed by atoms with E-state index in [-0.39, 0.29) is 5.78 Å². The molecule has 4 aromatic rings. The summed E-state index contributed by atoms with van der Waals surface area (Å²) in [5, 5.41) is 0. The van der Waals surface area contributed by atoms with Gasteiger partial charge in [0.05, 0.1) is 17.8 Å². The molecule has 2 aromatic carbocycles. The number of carbonyl (C=O) groups is 1. The Balaban J connectivity index is 1.82. The monoisotopic (exact) mass is 354 g/mol. The van der Waals surface area contributed by atoms with Crippen LogP contribution in [0.4, 0.5) is 0 Å². The summed E-state index contributed by atoms with van der Waals surface area (Å²) in [5.74, 6) is 0.103. The van der Waals surface area contributed by atoms with Crippen molar-refractivity contribution < 1.29 is 4.79 Å². The molecule has 0 aliphatic rings. The Hall–Kier alpha value is -3.20. The van der Waals surface area contributed by atoms with Gasteiger partial charge in [0, 0.05) is 17.3 Å². The van der Waals surface area contributed by atoms with Crippen molar-refractivity contribution in [3.05, 3.63) is 94.8 Å². The third-order valence-corrected chi connectivity index (χ3v) is 4.89. The van der Waals surface area contributed by atoms with Gasteiger partial charge in [-0.2, -0.15) is 0 Å². The summed E-state index contributed by atoms with van der Waals surface area (Å²) in [5.41, 5.74) is 7.94. The molecule has 4 rings (SSSR count). The van der Waals surface area contributed by atoms with Crippen molar-refractivity contribution in [3.8, 4) is 11.3 Å². The van der Waals surface area contributed by atoms with Crippen molar-refractivity contribution in [2.24, 2.45) is 0 Å². The molecule has 0 saturated heterocycles. The van der Waals surface area contributed by atoms with Crippen LogP contribution >= 0.6 is 0 Å². The van der Waals surface area contributed by atoms with Crippen LogP contribution in [-0.4, -0.2) is 15.2 Å². The molecule has 0 fully saturated rings. The molecule has 134 valence electrons.